The Morgan fingerprint density at radius 1 is 1.36 bits per heavy atom. The van der Waals surface area contributed by atoms with E-state index in [0.717, 1.165) is 0 Å². The van der Waals surface area contributed by atoms with Crippen molar-refractivity contribution in [3.8, 4) is 5.75 Å². The zero-order chi connectivity index (χ0) is 17.9. The molecule has 0 unspecified atom stereocenters. The van der Waals surface area contributed by atoms with E-state index in [2.05, 4.69) is 16.9 Å². The molecule has 0 aliphatic heterocycles. The highest BCUT2D eigenvalue weighted by atomic mass is 127. The maximum Gasteiger partial charge on any atom is 0.243 e. The molecule has 0 aliphatic carbocycles. The molecule has 140 valence electrons. The number of guanidine groups is 1. The zero-order valence-corrected chi connectivity index (χ0v) is 17.2. The third-order valence-corrected chi connectivity index (χ3v) is 3.15. The highest BCUT2D eigenvalue weighted by molar-refractivity contribution is 14.0. The van der Waals surface area contributed by atoms with Crippen molar-refractivity contribution in [2.45, 2.75) is 0 Å². The number of benzene rings is 1. The Morgan fingerprint density at radius 2 is 2.04 bits per heavy atom. The smallest absolute Gasteiger partial charge is 0.243 e. The molecule has 0 aromatic heterocycles. The van der Waals surface area contributed by atoms with Gasteiger partial charge in [-0.3, -0.25) is 4.79 Å². The summed E-state index contributed by atoms with van der Waals surface area (Å²) >= 11 is 0. The molecule has 0 heterocycles. The maximum atomic E-state index is 13.5. The molecule has 0 atom stereocenters. The summed E-state index contributed by atoms with van der Waals surface area (Å²) in [5.41, 5.74) is 0. The summed E-state index contributed by atoms with van der Waals surface area (Å²) in [5.74, 6) is 0.285. The van der Waals surface area contributed by atoms with Crippen molar-refractivity contribution in [3.05, 3.63) is 42.7 Å². The summed E-state index contributed by atoms with van der Waals surface area (Å²) in [7, 11) is 5.18. The van der Waals surface area contributed by atoms with Crippen LogP contribution < -0.4 is 10.1 Å². The fraction of sp³-hybridized carbons (Fsp3) is 0.412. The number of nitrogens with zero attached hydrogens (tertiary/aromatic N) is 3. The Labute approximate surface area is 165 Å². The maximum absolute atomic E-state index is 13.5. The lowest BCUT2D eigenvalue weighted by Gasteiger charge is -2.22. The van der Waals surface area contributed by atoms with E-state index < -0.39 is 5.82 Å². The number of hydrogen-bond donors (Lipinski definition) is 1. The molecular weight excluding hydrogens is 438 g/mol. The third-order valence-electron chi connectivity index (χ3n) is 3.15. The van der Waals surface area contributed by atoms with Crippen molar-refractivity contribution < 1.29 is 13.9 Å². The minimum atomic E-state index is -0.393. The van der Waals surface area contributed by atoms with Crippen LogP contribution in [0.1, 0.15) is 0 Å². The normalized spacial score (nSPS) is 10.5. The van der Waals surface area contributed by atoms with Gasteiger partial charge in [0, 0.05) is 27.7 Å². The molecule has 0 aliphatic rings. The number of para-hydroxylation sites is 1. The first-order chi connectivity index (χ1) is 11.5. The first-order valence-corrected chi connectivity index (χ1v) is 7.63. The summed E-state index contributed by atoms with van der Waals surface area (Å²) in [5, 5.41) is 3.08. The second kappa shape index (κ2) is 12.5. The number of rotatable bonds is 8. The standard InChI is InChI=1S/C17H25FN4O2.HI/c1-5-10-19-17(20-13-16(23)21(2)3)22(4)11-12-24-15-9-7-6-8-14(15)18;/h5-9H,1,10-13H2,2-4H3,(H,19,20);1H. The summed E-state index contributed by atoms with van der Waals surface area (Å²) in [6.45, 7) is 4.98. The van der Waals surface area contributed by atoms with Crippen LogP contribution in [0.15, 0.2) is 41.9 Å². The minimum Gasteiger partial charge on any atom is -0.489 e. The number of ether oxygens (including phenoxy) is 1. The van der Waals surface area contributed by atoms with E-state index >= 15 is 0 Å². The molecule has 0 bridgehead atoms. The van der Waals surface area contributed by atoms with Gasteiger partial charge in [-0.15, -0.1) is 30.6 Å². The Bertz CT molecular complexity index is 582. The van der Waals surface area contributed by atoms with Crippen molar-refractivity contribution in [1.82, 2.24) is 15.1 Å². The summed E-state index contributed by atoms with van der Waals surface area (Å²) in [6, 6.07) is 6.26. The van der Waals surface area contributed by atoms with Crippen molar-refractivity contribution in [3.63, 3.8) is 0 Å². The monoisotopic (exact) mass is 464 g/mol. The quantitative estimate of drug-likeness (QED) is 0.277. The van der Waals surface area contributed by atoms with Gasteiger partial charge in [-0.25, -0.2) is 9.38 Å². The van der Waals surface area contributed by atoms with E-state index in [1.807, 2.05) is 11.9 Å². The molecule has 1 aromatic rings. The fourth-order valence-electron chi connectivity index (χ4n) is 1.72. The van der Waals surface area contributed by atoms with Crippen LogP contribution in [0.3, 0.4) is 0 Å². The van der Waals surface area contributed by atoms with Crippen LogP contribution >= 0.6 is 24.0 Å². The van der Waals surface area contributed by atoms with Gasteiger partial charge < -0.3 is 19.9 Å². The van der Waals surface area contributed by atoms with Crippen LogP contribution in [-0.2, 0) is 4.79 Å². The summed E-state index contributed by atoms with van der Waals surface area (Å²) in [6.07, 6.45) is 1.70. The molecule has 6 nitrogen and oxygen atoms in total. The van der Waals surface area contributed by atoms with E-state index in [-0.39, 0.29) is 48.8 Å². The number of aliphatic imine (C=N–C) groups is 1. The van der Waals surface area contributed by atoms with Crippen LogP contribution in [0.5, 0.6) is 5.75 Å². The van der Waals surface area contributed by atoms with Gasteiger partial charge >= 0.3 is 0 Å². The van der Waals surface area contributed by atoms with Gasteiger partial charge in [0.1, 0.15) is 13.2 Å². The molecular formula is C17H26FIN4O2. The third kappa shape index (κ3) is 8.71. The number of amides is 1. The van der Waals surface area contributed by atoms with Crippen LogP contribution in [0.2, 0.25) is 0 Å². The summed E-state index contributed by atoms with van der Waals surface area (Å²) in [4.78, 5) is 19.2. The number of halogens is 2. The second-order valence-corrected chi connectivity index (χ2v) is 5.30. The number of carbonyl (C=O) groups excluding carboxylic acids is 1. The summed E-state index contributed by atoms with van der Waals surface area (Å²) < 4.78 is 18.9. The van der Waals surface area contributed by atoms with E-state index in [4.69, 9.17) is 4.74 Å². The van der Waals surface area contributed by atoms with Crippen molar-refractivity contribution in [2.75, 3.05) is 47.4 Å². The van der Waals surface area contributed by atoms with Gasteiger partial charge in [-0.05, 0) is 12.1 Å². The first kappa shape index (κ1) is 23.2. The van der Waals surface area contributed by atoms with Crippen molar-refractivity contribution in [2.24, 2.45) is 4.99 Å². The average molecular weight is 464 g/mol. The molecule has 1 N–H and O–H groups in total. The molecule has 1 rings (SSSR count). The molecule has 8 heteroatoms. The Hall–Kier alpha value is -1.84. The predicted octanol–water partition coefficient (Wildman–Crippen LogP) is 1.97. The van der Waals surface area contributed by atoms with E-state index in [1.165, 1.54) is 11.0 Å². The molecule has 0 spiro atoms. The van der Waals surface area contributed by atoms with Gasteiger partial charge in [-0.1, -0.05) is 18.2 Å². The molecule has 0 saturated carbocycles. The van der Waals surface area contributed by atoms with Gasteiger partial charge in [0.2, 0.25) is 5.91 Å². The highest BCUT2D eigenvalue weighted by Gasteiger charge is 2.09. The number of nitrogens with one attached hydrogen (secondary N) is 1. The van der Waals surface area contributed by atoms with E-state index in [9.17, 15) is 9.18 Å². The Kier molecular flexibility index (Phi) is 11.6. The zero-order valence-electron chi connectivity index (χ0n) is 14.9. The van der Waals surface area contributed by atoms with Gasteiger partial charge in [-0.2, -0.15) is 0 Å². The highest BCUT2D eigenvalue weighted by Crippen LogP contribution is 2.14. The second-order valence-electron chi connectivity index (χ2n) is 5.30. The van der Waals surface area contributed by atoms with Crippen molar-refractivity contribution >= 4 is 35.8 Å². The fourth-order valence-corrected chi connectivity index (χ4v) is 1.72. The lowest BCUT2D eigenvalue weighted by molar-refractivity contribution is -0.127. The molecule has 0 saturated heterocycles. The van der Waals surface area contributed by atoms with E-state index in [1.54, 1.807) is 38.4 Å². The molecule has 0 fully saturated rings. The topological polar surface area (TPSA) is 57.2 Å². The van der Waals surface area contributed by atoms with Crippen LogP contribution in [-0.4, -0.2) is 69.1 Å². The van der Waals surface area contributed by atoms with Gasteiger partial charge in [0.05, 0.1) is 6.54 Å². The number of carbonyl (C=O) groups is 1. The number of hydrogen-bond acceptors (Lipinski definition) is 3. The Balaban J connectivity index is 0.00000576. The van der Waals surface area contributed by atoms with Crippen LogP contribution in [0.4, 0.5) is 4.39 Å². The molecule has 1 aromatic carbocycles. The lowest BCUT2D eigenvalue weighted by Crippen LogP contribution is -2.41. The molecule has 0 radical (unpaired) electrons. The molecule has 1 amide bonds. The van der Waals surface area contributed by atoms with Crippen LogP contribution in [0.25, 0.3) is 0 Å². The largest absolute Gasteiger partial charge is 0.489 e. The number of likely N-dealkylation sites (N-methyl/N-ethyl adjacent to an activating group) is 2. The average Bonchev–Trinajstić information content (AvgIpc) is 2.56. The minimum absolute atomic E-state index is 0. The van der Waals surface area contributed by atoms with E-state index in [0.29, 0.717) is 19.0 Å². The van der Waals surface area contributed by atoms with Gasteiger partial charge in [0.15, 0.2) is 17.5 Å². The van der Waals surface area contributed by atoms with Crippen LogP contribution in [0, 0.1) is 5.82 Å². The molecule has 25 heavy (non-hydrogen) atoms. The first-order valence-electron chi connectivity index (χ1n) is 7.63. The SMILES string of the molecule is C=CCNC(=NCC(=O)N(C)C)N(C)CCOc1ccccc1F.I. The van der Waals surface area contributed by atoms with Crippen molar-refractivity contribution in [1.29, 1.82) is 0 Å². The predicted molar refractivity (Wildman–Crippen MR) is 109 cm³/mol. The lowest BCUT2D eigenvalue weighted by atomic mass is 10.3. The Morgan fingerprint density at radius 3 is 2.64 bits per heavy atom. The van der Waals surface area contributed by atoms with Gasteiger partial charge in [0.25, 0.3) is 0 Å².